The fourth-order valence-electron chi connectivity index (χ4n) is 1.03. The first kappa shape index (κ1) is 14.0. The summed E-state index contributed by atoms with van der Waals surface area (Å²) < 4.78 is 5.35. The first-order valence-corrected chi connectivity index (χ1v) is 4.84. The number of ether oxygens (including phenoxy) is 1. The average Bonchev–Trinajstić information content (AvgIpc) is 2.75. The zero-order chi connectivity index (χ0) is 10.2. The standard InChI is InChI=1S/C8H11O.C5H5.Fe/c1-7(2)9-8-5-3-4-6-8;1-2-4-5-3-1;/h3-7H,1-2H3;1-5H;/q-1;-5;. The van der Waals surface area contributed by atoms with E-state index in [1.165, 1.54) is 0 Å². The van der Waals surface area contributed by atoms with E-state index in [9.17, 15) is 0 Å². The van der Waals surface area contributed by atoms with Gasteiger partial charge < -0.3 is 35.1 Å². The Morgan fingerprint density at radius 1 is 0.933 bits per heavy atom. The summed E-state index contributed by atoms with van der Waals surface area (Å²) >= 11 is 0. The molecule has 2 aromatic rings. The first-order chi connectivity index (χ1) is 6.79. The van der Waals surface area contributed by atoms with Crippen molar-refractivity contribution >= 4 is 0 Å². The van der Waals surface area contributed by atoms with Crippen molar-refractivity contribution in [3.63, 3.8) is 0 Å². The molecule has 0 fully saturated rings. The minimum atomic E-state index is 0. The van der Waals surface area contributed by atoms with Gasteiger partial charge in [0.25, 0.3) is 0 Å². The number of hydrogen-bond acceptors (Lipinski definition) is 1. The summed E-state index contributed by atoms with van der Waals surface area (Å²) in [5, 5.41) is 0. The van der Waals surface area contributed by atoms with Crippen molar-refractivity contribution in [2.45, 2.75) is 20.0 Å². The van der Waals surface area contributed by atoms with Gasteiger partial charge in [0.2, 0.25) is 0 Å². The van der Waals surface area contributed by atoms with Gasteiger partial charge >= 0.3 is 0 Å². The van der Waals surface area contributed by atoms with Crippen LogP contribution in [0.1, 0.15) is 13.8 Å². The van der Waals surface area contributed by atoms with E-state index in [1.54, 1.807) is 0 Å². The van der Waals surface area contributed by atoms with Crippen molar-refractivity contribution in [3.8, 4) is 5.75 Å². The molecule has 0 saturated heterocycles. The maximum atomic E-state index is 5.35. The molecule has 0 radical (unpaired) electrons. The summed E-state index contributed by atoms with van der Waals surface area (Å²) in [5.41, 5.74) is 0. The Hall–Kier alpha value is -0.981. The van der Waals surface area contributed by atoms with Gasteiger partial charge in [-0.2, -0.15) is 0 Å². The largest absolute Gasteiger partial charge is 0.748 e. The van der Waals surface area contributed by atoms with E-state index in [2.05, 4.69) is 0 Å². The van der Waals surface area contributed by atoms with Crippen LogP contribution in [0.3, 0.4) is 0 Å². The fraction of sp³-hybridized carbons (Fsp3) is 0.231. The molecule has 0 N–H and O–H groups in total. The number of hydrogen-bond donors (Lipinski definition) is 0. The van der Waals surface area contributed by atoms with E-state index in [0.717, 1.165) is 5.75 Å². The maximum absolute atomic E-state index is 5.35. The van der Waals surface area contributed by atoms with Crippen molar-refractivity contribution < 1.29 is 21.8 Å². The molecule has 0 aromatic heterocycles. The van der Waals surface area contributed by atoms with Crippen LogP contribution in [-0.4, -0.2) is 6.10 Å². The molecular formula is C13H16FeO-6. The molecule has 0 bridgehead atoms. The molecule has 0 aliphatic carbocycles. The van der Waals surface area contributed by atoms with Gasteiger partial charge in [-0.3, -0.25) is 0 Å². The molecule has 1 nitrogen and oxygen atoms in total. The maximum Gasteiger partial charge on any atom is 0.0766 e. The predicted molar refractivity (Wildman–Crippen MR) is 59.8 cm³/mol. The van der Waals surface area contributed by atoms with Crippen LogP contribution in [0.4, 0.5) is 0 Å². The van der Waals surface area contributed by atoms with E-state index in [0.29, 0.717) is 0 Å². The molecule has 0 aliphatic rings. The molecule has 88 valence electrons. The second-order valence-corrected chi connectivity index (χ2v) is 3.25. The van der Waals surface area contributed by atoms with Gasteiger partial charge in [0.15, 0.2) is 0 Å². The fourth-order valence-corrected chi connectivity index (χ4v) is 1.03. The molecule has 2 aromatic carbocycles. The zero-order valence-corrected chi connectivity index (χ0v) is 10.1. The summed E-state index contributed by atoms with van der Waals surface area (Å²) in [6.07, 6.45) is 0.285. The Balaban J connectivity index is 0.000000280. The SMILES string of the molecule is CC(C)O[c-]1cccc1.[Fe].[cH-]1[cH-][cH-][cH-][cH-]1. The topological polar surface area (TPSA) is 9.23 Å². The summed E-state index contributed by atoms with van der Waals surface area (Å²) in [6, 6.07) is 17.9. The van der Waals surface area contributed by atoms with Crippen molar-refractivity contribution in [3.05, 3.63) is 54.6 Å². The van der Waals surface area contributed by atoms with Gasteiger partial charge in [0.1, 0.15) is 0 Å². The molecule has 2 rings (SSSR count). The molecule has 0 aliphatic heterocycles. The van der Waals surface area contributed by atoms with E-state index in [-0.39, 0.29) is 23.2 Å². The second-order valence-electron chi connectivity index (χ2n) is 3.25. The molecule has 15 heavy (non-hydrogen) atoms. The first-order valence-electron chi connectivity index (χ1n) is 4.84. The van der Waals surface area contributed by atoms with Crippen molar-refractivity contribution in [1.29, 1.82) is 0 Å². The van der Waals surface area contributed by atoms with E-state index >= 15 is 0 Å². The second kappa shape index (κ2) is 8.34. The smallest absolute Gasteiger partial charge is 0.0766 e. The molecule has 0 spiro atoms. The van der Waals surface area contributed by atoms with Crippen molar-refractivity contribution in [2.24, 2.45) is 0 Å². The van der Waals surface area contributed by atoms with Crippen LogP contribution in [0.5, 0.6) is 5.75 Å². The van der Waals surface area contributed by atoms with Crippen LogP contribution in [0.25, 0.3) is 0 Å². The molecule has 2 heteroatoms. The van der Waals surface area contributed by atoms with Crippen LogP contribution in [0, 0.1) is 0 Å². The van der Waals surface area contributed by atoms with Crippen molar-refractivity contribution in [2.75, 3.05) is 0 Å². The molecular weight excluding hydrogens is 228 g/mol. The third-order valence-corrected chi connectivity index (χ3v) is 1.56. The number of rotatable bonds is 2. The summed E-state index contributed by atoms with van der Waals surface area (Å²) in [5.74, 6) is 0.963. The third kappa shape index (κ3) is 7.01. The van der Waals surface area contributed by atoms with Crippen LogP contribution in [0.2, 0.25) is 0 Å². The quantitative estimate of drug-likeness (QED) is 0.579. The Bertz CT molecular complexity index is 278. The van der Waals surface area contributed by atoms with E-state index < -0.39 is 0 Å². The monoisotopic (exact) mass is 244 g/mol. The average molecular weight is 244 g/mol. The minimum Gasteiger partial charge on any atom is -0.748 e. The van der Waals surface area contributed by atoms with Crippen LogP contribution in [-0.2, 0) is 17.1 Å². The normalized spacial score (nSPS) is 8.73. The summed E-state index contributed by atoms with van der Waals surface area (Å²) in [6.45, 7) is 4.04. The minimum absolute atomic E-state index is 0. The van der Waals surface area contributed by atoms with E-state index in [4.69, 9.17) is 4.74 Å². The van der Waals surface area contributed by atoms with Gasteiger partial charge in [0, 0.05) is 22.8 Å². The van der Waals surface area contributed by atoms with E-state index in [1.807, 2.05) is 68.4 Å². The Morgan fingerprint density at radius 2 is 1.33 bits per heavy atom. The Kier molecular flexibility index (Phi) is 7.79. The van der Waals surface area contributed by atoms with Gasteiger partial charge in [-0.1, -0.05) is 0 Å². The molecule has 0 heterocycles. The molecule has 0 amide bonds. The molecule has 0 saturated carbocycles. The predicted octanol–water partition coefficient (Wildman–Crippen LogP) is 3.60. The summed E-state index contributed by atoms with van der Waals surface area (Å²) in [4.78, 5) is 0. The van der Waals surface area contributed by atoms with Crippen molar-refractivity contribution in [1.82, 2.24) is 0 Å². The molecule has 0 atom stereocenters. The van der Waals surface area contributed by atoms with Crippen LogP contribution in [0.15, 0.2) is 54.6 Å². The molecule has 0 unspecified atom stereocenters. The Labute approximate surface area is 102 Å². The third-order valence-electron chi connectivity index (χ3n) is 1.56. The summed E-state index contributed by atoms with van der Waals surface area (Å²) in [7, 11) is 0. The van der Waals surface area contributed by atoms with Gasteiger partial charge in [-0.25, -0.2) is 12.1 Å². The van der Waals surface area contributed by atoms with Gasteiger partial charge in [0.05, 0.1) is 6.10 Å². The zero-order valence-electron chi connectivity index (χ0n) is 9.04. The van der Waals surface area contributed by atoms with Crippen LogP contribution >= 0.6 is 0 Å². The van der Waals surface area contributed by atoms with Gasteiger partial charge in [-0.05, 0) is 13.8 Å². The van der Waals surface area contributed by atoms with Crippen LogP contribution < -0.4 is 4.74 Å². The Morgan fingerprint density at radius 3 is 1.67 bits per heavy atom. The van der Waals surface area contributed by atoms with Gasteiger partial charge in [-0.15, -0.1) is 12.1 Å².